The highest BCUT2D eigenvalue weighted by molar-refractivity contribution is 5.98. The second-order valence-electron chi connectivity index (χ2n) is 6.84. The van der Waals surface area contributed by atoms with Crippen molar-refractivity contribution in [3.05, 3.63) is 101 Å². The number of nitrogens with zero attached hydrogens (tertiary/aromatic N) is 2. The summed E-state index contributed by atoms with van der Waals surface area (Å²) < 4.78 is 0. The zero-order valence-corrected chi connectivity index (χ0v) is 16.7. The van der Waals surface area contributed by atoms with Crippen LogP contribution in [0.2, 0.25) is 0 Å². The Bertz CT molecular complexity index is 958. The molecule has 3 rings (SSSR count). The van der Waals surface area contributed by atoms with Crippen LogP contribution in [0.1, 0.15) is 51.9 Å². The van der Waals surface area contributed by atoms with Gasteiger partial charge in [-0.05, 0) is 37.1 Å². The molecule has 0 radical (unpaired) electrons. The molecule has 0 bridgehead atoms. The normalized spacial score (nSPS) is 11.5. The van der Waals surface area contributed by atoms with E-state index in [1.807, 2.05) is 74.5 Å². The first-order valence-corrected chi connectivity index (χ1v) is 9.73. The van der Waals surface area contributed by atoms with E-state index in [1.165, 1.54) is 6.20 Å². The molecule has 0 spiro atoms. The molecule has 29 heavy (non-hydrogen) atoms. The minimum Gasteiger partial charge on any atom is -0.346 e. The highest BCUT2D eigenvalue weighted by Gasteiger charge is 2.18. The van der Waals surface area contributed by atoms with Crippen molar-refractivity contribution in [1.82, 2.24) is 15.2 Å². The number of pyridine rings is 1. The number of aromatic nitrogens is 1. The summed E-state index contributed by atoms with van der Waals surface area (Å²) in [7, 11) is 0. The molecular weight excluding hydrogens is 362 g/mol. The minimum absolute atomic E-state index is 0.138. The fourth-order valence-corrected chi connectivity index (χ4v) is 3.09. The van der Waals surface area contributed by atoms with E-state index in [0.717, 1.165) is 11.1 Å². The van der Waals surface area contributed by atoms with Gasteiger partial charge in [-0.3, -0.25) is 14.6 Å². The molecule has 148 valence electrons. The Morgan fingerprint density at radius 3 is 2.31 bits per heavy atom. The number of hydrogen-bond donors (Lipinski definition) is 1. The molecule has 0 saturated carbocycles. The van der Waals surface area contributed by atoms with Crippen LogP contribution in [0.15, 0.2) is 79.0 Å². The average Bonchev–Trinajstić information content (AvgIpc) is 2.78. The van der Waals surface area contributed by atoms with E-state index in [0.29, 0.717) is 18.7 Å². The van der Waals surface area contributed by atoms with Crippen molar-refractivity contribution < 1.29 is 9.59 Å². The number of benzene rings is 2. The standard InChI is InChI=1S/C24H25N3O2/c1-3-27(17-19-10-6-4-7-11-19)24(29)22-16-21(14-15-25-22)23(28)26-18(2)20-12-8-5-9-13-20/h4-16,18H,3,17H2,1-2H3,(H,26,28). The molecule has 5 heteroatoms. The number of nitrogens with one attached hydrogen (secondary N) is 1. The summed E-state index contributed by atoms with van der Waals surface area (Å²) >= 11 is 0. The van der Waals surface area contributed by atoms with Gasteiger partial charge in [0.1, 0.15) is 5.69 Å². The largest absolute Gasteiger partial charge is 0.346 e. The van der Waals surface area contributed by atoms with Gasteiger partial charge in [0.2, 0.25) is 0 Å². The maximum atomic E-state index is 12.9. The molecule has 1 unspecified atom stereocenters. The minimum atomic E-state index is -0.232. The molecule has 0 aliphatic carbocycles. The summed E-state index contributed by atoms with van der Waals surface area (Å²) in [4.78, 5) is 31.5. The van der Waals surface area contributed by atoms with Gasteiger partial charge < -0.3 is 10.2 Å². The Labute approximate surface area is 171 Å². The van der Waals surface area contributed by atoms with Gasteiger partial charge in [0.05, 0.1) is 6.04 Å². The van der Waals surface area contributed by atoms with Crippen molar-refractivity contribution in [3.63, 3.8) is 0 Å². The number of amides is 2. The van der Waals surface area contributed by atoms with E-state index in [9.17, 15) is 9.59 Å². The van der Waals surface area contributed by atoms with Crippen LogP contribution >= 0.6 is 0 Å². The van der Waals surface area contributed by atoms with Gasteiger partial charge in [0.25, 0.3) is 11.8 Å². The third-order valence-electron chi connectivity index (χ3n) is 4.77. The Morgan fingerprint density at radius 1 is 1.00 bits per heavy atom. The number of carbonyl (C=O) groups is 2. The molecule has 2 amide bonds. The van der Waals surface area contributed by atoms with Gasteiger partial charge >= 0.3 is 0 Å². The van der Waals surface area contributed by atoms with Gasteiger partial charge in [-0.1, -0.05) is 60.7 Å². The van der Waals surface area contributed by atoms with Crippen LogP contribution in [0, 0.1) is 0 Å². The highest BCUT2D eigenvalue weighted by Crippen LogP contribution is 2.14. The lowest BCUT2D eigenvalue weighted by molar-refractivity contribution is 0.0746. The van der Waals surface area contributed by atoms with Crippen molar-refractivity contribution in [3.8, 4) is 0 Å². The van der Waals surface area contributed by atoms with Gasteiger partial charge in [-0.2, -0.15) is 0 Å². The van der Waals surface area contributed by atoms with E-state index in [-0.39, 0.29) is 23.6 Å². The fourth-order valence-electron chi connectivity index (χ4n) is 3.09. The quantitative estimate of drug-likeness (QED) is 0.660. The Balaban J connectivity index is 1.72. The molecule has 1 atom stereocenters. The number of rotatable bonds is 7. The SMILES string of the molecule is CCN(Cc1ccccc1)C(=O)c1cc(C(=O)NC(C)c2ccccc2)ccn1. The van der Waals surface area contributed by atoms with Crippen LogP contribution in [0.3, 0.4) is 0 Å². The molecule has 0 aliphatic rings. The molecule has 0 saturated heterocycles. The van der Waals surface area contributed by atoms with Crippen molar-refractivity contribution in [2.24, 2.45) is 0 Å². The lowest BCUT2D eigenvalue weighted by Gasteiger charge is -2.21. The van der Waals surface area contributed by atoms with Crippen LogP contribution in [0.4, 0.5) is 0 Å². The van der Waals surface area contributed by atoms with Crippen LogP contribution in [0.5, 0.6) is 0 Å². The molecule has 0 fully saturated rings. The second kappa shape index (κ2) is 9.64. The number of carbonyl (C=O) groups excluding carboxylic acids is 2. The lowest BCUT2D eigenvalue weighted by atomic mass is 10.1. The van der Waals surface area contributed by atoms with Crippen LogP contribution in [-0.2, 0) is 6.54 Å². The lowest BCUT2D eigenvalue weighted by Crippen LogP contribution is -2.31. The molecule has 3 aromatic rings. The Morgan fingerprint density at radius 2 is 1.66 bits per heavy atom. The van der Waals surface area contributed by atoms with Crippen molar-refractivity contribution >= 4 is 11.8 Å². The zero-order chi connectivity index (χ0) is 20.6. The molecule has 0 aliphatic heterocycles. The van der Waals surface area contributed by atoms with E-state index in [2.05, 4.69) is 10.3 Å². The first-order valence-electron chi connectivity index (χ1n) is 9.73. The fraction of sp³-hybridized carbons (Fsp3) is 0.208. The summed E-state index contributed by atoms with van der Waals surface area (Å²) in [5.41, 5.74) is 2.75. The summed E-state index contributed by atoms with van der Waals surface area (Å²) in [5, 5.41) is 2.97. The third kappa shape index (κ3) is 5.29. The van der Waals surface area contributed by atoms with E-state index in [1.54, 1.807) is 17.0 Å². The van der Waals surface area contributed by atoms with E-state index >= 15 is 0 Å². The number of hydrogen-bond acceptors (Lipinski definition) is 3. The van der Waals surface area contributed by atoms with E-state index in [4.69, 9.17) is 0 Å². The van der Waals surface area contributed by atoms with Gasteiger partial charge in [0, 0.05) is 24.8 Å². The molecule has 2 aromatic carbocycles. The summed E-state index contributed by atoms with van der Waals surface area (Å²) in [6.07, 6.45) is 1.51. The maximum absolute atomic E-state index is 12.9. The van der Waals surface area contributed by atoms with Gasteiger partial charge in [0.15, 0.2) is 0 Å². The van der Waals surface area contributed by atoms with Crippen LogP contribution in [-0.4, -0.2) is 28.2 Å². The molecule has 1 N–H and O–H groups in total. The van der Waals surface area contributed by atoms with Crippen molar-refractivity contribution in [2.45, 2.75) is 26.4 Å². The second-order valence-corrected chi connectivity index (χ2v) is 6.84. The van der Waals surface area contributed by atoms with Crippen LogP contribution in [0.25, 0.3) is 0 Å². The first-order chi connectivity index (χ1) is 14.1. The molecule has 5 nitrogen and oxygen atoms in total. The maximum Gasteiger partial charge on any atom is 0.272 e. The van der Waals surface area contributed by atoms with E-state index < -0.39 is 0 Å². The van der Waals surface area contributed by atoms with Gasteiger partial charge in [-0.25, -0.2) is 0 Å². The third-order valence-corrected chi connectivity index (χ3v) is 4.77. The summed E-state index contributed by atoms with van der Waals surface area (Å²) in [6, 6.07) is 22.6. The average molecular weight is 387 g/mol. The summed E-state index contributed by atoms with van der Waals surface area (Å²) in [5.74, 6) is -0.425. The highest BCUT2D eigenvalue weighted by atomic mass is 16.2. The topological polar surface area (TPSA) is 62.3 Å². The molecular formula is C24H25N3O2. The summed E-state index contributed by atoms with van der Waals surface area (Å²) in [6.45, 7) is 4.91. The Hall–Kier alpha value is -3.47. The van der Waals surface area contributed by atoms with Crippen molar-refractivity contribution in [1.29, 1.82) is 0 Å². The smallest absolute Gasteiger partial charge is 0.272 e. The predicted molar refractivity (Wildman–Crippen MR) is 113 cm³/mol. The predicted octanol–water partition coefficient (Wildman–Crippen LogP) is 4.23. The zero-order valence-electron chi connectivity index (χ0n) is 16.7. The van der Waals surface area contributed by atoms with Crippen molar-refractivity contribution in [2.75, 3.05) is 6.54 Å². The Kier molecular flexibility index (Phi) is 6.74. The van der Waals surface area contributed by atoms with Gasteiger partial charge in [-0.15, -0.1) is 0 Å². The monoisotopic (exact) mass is 387 g/mol. The molecule has 1 aromatic heterocycles. The first kappa shape index (κ1) is 20.3. The molecule has 1 heterocycles. The van der Waals surface area contributed by atoms with Crippen LogP contribution < -0.4 is 5.32 Å².